The molecule has 0 amide bonds. The third-order valence-electron chi connectivity index (χ3n) is 3.18. The molecule has 0 bridgehead atoms. The standard InChI is InChI=1S/C16H22N2O/c1-3-19-12-13(2)17-11-9-15-7-4-6-14-8-5-10-18-16(14)15/h4-8,10,13,17H,3,9,11-12H2,1-2H3. The predicted molar refractivity (Wildman–Crippen MR) is 79.4 cm³/mol. The van der Waals surface area contributed by atoms with Crippen molar-refractivity contribution >= 4 is 10.9 Å². The second kappa shape index (κ2) is 7.22. The number of nitrogens with one attached hydrogen (secondary N) is 1. The first-order chi connectivity index (χ1) is 9.31. The van der Waals surface area contributed by atoms with Gasteiger partial charge < -0.3 is 10.1 Å². The normalized spacial score (nSPS) is 12.7. The maximum atomic E-state index is 5.39. The summed E-state index contributed by atoms with van der Waals surface area (Å²) >= 11 is 0. The lowest BCUT2D eigenvalue weighted by Crippen LogP contribution is -2.32. The molecular formula is C16H22N2O. The van der Waals surface area contributed by atoms with Crippen molar-refractivity contribution in [2.45, 2.75) is 26.3 Å². The van der Waals surface area contributed by atoms with Crippen LogP contribution in [0.15, 0.2) is 36.5 Å². The lowest BCUT2D eigenvalue weighted by atomic mass is 10.1. The van der Waals surface area contributed by atoms with Gasteiger partial charge in [-0.3, -0.25) is 4.98 Å². The van der Waals surface area contributed by atoms with Crippen LogP contribution in [0.5, 0.6) is 0 Å². The minimum Gasteiger partial charge on any atom is -0.380 e. The van der Waals surface area contributed by atoms with Crippen LogP contribution in [-0.2, 0) is 11.2 Å². The summed E-state index contributed by atoms with van der Waals surface area (Å²) in [6.45, 7) is 6.67. The van der Waals surface area contributed by atoms with E-state index in [0.717, 1.165) is 31.7 Å². The molecule has 1 unspecified atom stereocenters. The molecule has 0 spiro atoms. The minimum atomic E-state index is 0.392. The Balaban J connectivity index is 1.91. The molecule has 1 N–H and O–H groups in total. The zero-order valence-corrected chi connectivity index (χ0v) is 11.7. The summed E-state index contributed by atoms with van der Waals surface area (Å²) in [6, 6.07) is 10.8. The van der Waals surface area contributed by atoms with Gasteiger partial charge in [0, 0.05) is 24.2 Å². The Labute approximate surface area is 115 Å². The Morgan fingerprint density at radius 3 is 2.95 bits per heavy atom. The van der Waals surface area contributed by atoms with E-state index in [2.05, 4.69) is 41.5 Å². The molecule has 0 saturated carbocycles. The van der Waals surface area contributed by atoms with E-state index in [1.54, 1.807) is 0 Å². The van der Waals surface area contributed by atoms with Crippen LogP contribution in [0.25, 0.3) is 10.9 Å². The van der Waals surface area contributed by atoms with Gasteiger partial charge in [0.15, 0.2) is 0 Å². The highest BCUT2D eigenvalue weighted by atomic mass is 16.5. The number of hydrogen-bond acceptors (Lipinski definition) is 3. The first kappa shape index (κ1) is 14.0. The van der Waals surface area contributed by atoms with E-state index in [9.17, 15) is 0 Å². The van der Waals surface area contributed by atoms with Crippen LogP contribution in [-0.4, -0.2) is 30.8 Å². The zero-order chi connectivity index (χ0) is 13.5. The summed E-state index contributed by atoms with van der Waals surface area (Å²) in [5.41, 5.74) is 2.42. The molecule has 3 heteroatoms. The number of benzene rings is 1. The SMILES string of the molecule is CCOCC(C)NCCc1cccc2cccnc12. The molecule has 0 aliphatic heterocycles. The molecule has 102 valence electrons. The number of pyridine rings is 1. The molecule has 0 saturated heterocycles. The van der Waals surface area contributed by atoms with Gasteiger partial charge in [-0.15, -0.1) is 0 Å². The Hall–Kier alpha value is -1.45. The van der Waals surface area contributed by atoms with Gasteiger partial charge in [0.05, 0.1) is 12.1 Å². The average molecular weight is 258 g/mol. The maximum Gasteiger partial charge on any atom is 0.0734 e. The molecule has 1 aromatic heterocycles. The second-order valence-corrected chi connectivity index (χ2v) is 4.76. The van der Waals surface area contributed by atoms with Gasteiger partial charge in [0.2, 0.25) is 0 Å². The van der Waals surface area contributed by atoms with Crippen molar-refractivity contribution < 1.29 is 4.74 Å². The highest BCUT2D eigenvalue weighted by molar-refractivity contribution is 5.81. The highest BCUT2D eigenvalue weighted by Gasteiger charge is 2.03. The van der Waals surface area contributed by atoms with E-state index in [1.807, 2.05) is 19.2 Å². The van der Waals surface area contributed by atoms with Crippen LogP contribution < -0.4 is 5.32 Å². The van der Waals surface area contributed by atoms with Crippen LogP contribution in [0.2, 0.25) is 0 Å². The highest BCUT2D eigenvalue weighted by Crippen LogP contribution is 2.15. The fourth-order valence-corrected chi connectivity index (χ4v) is 2.18. The van der Waals surface area contributed by atoms with Gasteiger partial charge in [-0.2, -0.15) is 0 Å². The number of nitrogens with zero attached hydrogens (tertiary/aromatic N) is 1. The topological polar surface area (TPSA) is 34.1 Å². The van der Waals surface area contributed by atoms with E-state index in [1.165, 1.54) is 10.9 Å². The van der Waals surface area contributed by atoms with Crippen LogP contribution >= 0.6 is 0 Å². The van der Waals surface area contributed by atoms with E-state index in [0.29, 0.717) is 6.04 Å². The molecule has 0 radical (unpaired) electrons. The van der Waals surface area contributed by atoms with Crippen LogP contribution in [0, 0.1) is 0 Å². The van der Waals surface area contributed by atoms with Crippen LogP contribution in [0.3, 0.4) is 0 Å². The van der Waals surface area contributed by atoms with Gasteiger partial charge in [-0.1, -0.05) is 24.3 Å². The smallest absolute Gasteiger partial charge is 0.0734 e. The Morgan fingerprint density at radius 2 is 2.11 bits per heavy atom. The number of rotatable bonds is 7. The van der Waals surface area contributed by atoms with Gasteiger partial charge >= 0.3 is 0 Å². The summed E-state index contributed by atoms with van der Waals surface area (Å²) in [5.74, 6) is 0. The van der Waals surface area contributed by atoms with Crippen LogP contribution in [0.4, 0.5) is 0 Å². The van der Waals surface area contributed by atoms with Crippen molar-refractivity contribution in [2.75, 3.05) is 19.8 Å². The fourth-order valence-electron chi connectivity index (χ4n) is 2.18. The molecule has 0 fully saturated rings. The molecule has 1 heterocycles. The Kier molecular flexibility index (Phi) is 5.31. The first-order valence-electron chi connectivity index (χ1n) is 6.95. The summed E-state index contributed by atoms with van der Waals surface area (Å²) < 4.78 is 5.39. The zero-order valence-electron chi connectivity index (χ0n) is 11.7. The minimum absolute atomic E-state index is 0.392. The van der Waals surface area contributed by atoms with Crippen molar-refractivity contribution in [3.05, 3.63) is 42.1 Å². The average Bonchev–Trinajstić information content (AvgIpc) is 2.45. The molecule has 2 aromatic rings. The number of fused-ring (bicyclic) bond motifs is 1. The van der Waals surface area contributed by atoms with Crippen molar-refractivity contribution in [3.8, 4) is 0 Å². The summed E-state index contributed by atoms with van der Waals surface area (Å²) in [4.78, 5) is 4.48. The third-order valence-corrected chi connectivity index (χ3v) is 3.18. The third kappa shape index (κ3) is 4.01. The summed E-state index contributed by atoms with van der Waals surface area (Å²) in [5, 5.41) is 4.69. The number of hydrogen-bond donors (Lipinski definition) is 1. The van der Waals surface area contributed by atoms with Gasteiger partial charge in [-0.25, -0.2) is 0 Å². The largest absolute Gasteiger partial charge is 0.380 e. The number of ether oxygens (including phenoxy) is 1. The molecule has 1 atom stereocenters. The van der Waals surface area contributed by atoms with Crippen molar-refractivity contribution in [3.63, 3.8) is 0 Å². The number of aromatic nitrogens is 1. The molecule has 3 nitrogen and oxygen atoms in total. The quantitative estimate of drug-likeness (QED) is 0.829. The Bertz CT molecular complexity index is 508. The van der Waals surface area contributed by atoms with Crippen molar-refractivity contribution in [1.29, 1.82) is 0 Å². The first-order valence-corrected chi connectivity index (χ1v) is 6.95. The van der Waals surface area contributed by atoms with Crippen LogP contribution in [0.1, 0.15) is 19.4 Å². The molecule has 1 aromatic carbocycles. The lowest BCUT2D eigenvalue weighted by molar-refractivity contribution is 0.127. The maximum absolute atomic E-state index is 5.39. The fraction of sp³-hybridized carbons (Fsp3) is 0.438. The van der Waals surface area contributed by atoms with E-state index in [4.69, 9.17) is 4.74 Å². The Morgan fingerprint density at radius 1 is 1.26 bits per heavy atom. The second-order valence-electron chi connectivity index (χ2n) is 4.76. The number of para-hydroxylation sites is 1. The van der Waals surface area contributed by atoms with Gasteiger partial charge in [0.1, 0.15) is 0 Å². The monoisotopic (exact) mass is 258 g/mol. The van der Waals surface area contributed by atoms with Gasteiger partial charge in [-0.05, 0) is 38.4 Å². The van der Waals surface area contributed by atoms with Gasteiger partial charge in [0.25, 0.3) is 0 Å². The van der Waals surface area contributed by atoms with Crippen molar-refractivity contribution in [1.82, 2.24) is 10.3 Å². The summed E-state index contributed by atoms with van der Waals surface area (Å²) in [6.07, 6.45) is 2.85. The molecule has 2 rings (SSSR count). The lowest BCUT2D eigenvalue weighted by Gasteiger charge is -2.13. The molecule has 19 heavy (non-hydrogen) atoms. The summed E-state index contributed by atoms with van der Waals surface area (Å²) in [7, 11) is 0. The van der Waals surface area contributed by atoms with Crippen molar-refractivity contribution in [2.24, 2.45) is 0 Å². The van der Waals surface area contributed by atoms with E-state index in [-0.39, 0.29) is 0 Å². The molecule has 0 aliphatic rings. The van der Waals surface area contributed by atoms with E-state index >= 15 is 0 Å². The van der Waals surface area contributed by atoms with E-state index < -0.39 is 0 Å². The molecule has 0 aliphatic carbocycles. The predicted octanol–water partition coefficient (Wildman–Crippen LogP) is 2.79. The molecular weight excluding hydrogens is 236 g/mol.